The first-order chi connectivity index (χ1) is 10.1. The first-order valence-corrected chi connectivity index (χ1v) is 8.33. The van der Waals surface area contributed by atoms with E-state index in [-0.39, 0.29) is 0 Å². The summed E-state index contributed by atoms with van der Waals surface area (Å²) >= 11 is 5.10. The van der Waals surface area contributed by atoms with Gasteiger partial charge in [-0.2, -0.15) is 5.10 Å². The molecule has 0 saturated heterocycles. The Bertz CT molecular complexity index is 730. The minimum Gasteiger partial charge on any atom is -0.265 e. The monoisotopic (exact) mass is 362 g/mol. The highest BCUT2D eigenvalue weighted by Gasteiger charge is 2.09. The summed E-state index contributed by atoms with van der Waals surface area (Å²) in [6.45, 7) is 4.93. The zero-order valence-corrected chi connectivity index (χ0v) is 14.2. The number of rotatable bonds is 4. The van der Waals surface area contributed by atoms with Gasteiger partial charge >= 0.3 is 0 Å². The van der Waals surface area contributed by atoms with Crippen molar-refractivity contribution in [3.05, 3.63) is 51.1 Å². The van der Waals surface area contributed by atoms with Crippen LogP contribution in [0, 0.1) is 0 Å². The van der Waals surface area contributed by atoms with Gasteiger partial charge in [0.25, 0.3) is 0 Å². The molecule has 6 heteroatoms. The predicted molar refractivity (Wildman–Crippen MR) is 88.5 cm³/mol. The van der Waals surface area contributed by atoms with Crippen molar-refractivity contribution in [3.63, 3.8) is 0 Å². The van der Waals surface area contributed by atoms with Gasteiger partial charge in [-0.1, -0.05) is 53.2 Å². The molecule has 0 aliphatic rings. The van der Waals surface area contributed by atoms with Crippen molar-refractivity contribution < 1.29 is 0 Å². The predicted octanol–water partition coefficient (Wildman–Crippen LogP) is 4.34. The molecule has 0 saturated carbocycles. The minimum absolute atomic E-state index is 0.423. The maximum absolute atomic E-state index is 4.41. The van der Waals surface area contributed by atoms with E-state index in [9.17, 15) is 0 Å². The highest BCUT2D eigenvalue weighted by atomic mass is 79.9. The van der Waals surface area contributed by atoms with E-state index >= 15 is 0 Å². The molecule has 0 N–H and O–H groups in total. The summed E-state index contributed by atoms with van der Waals surface area (Å²) in [5, 5.41) is 14.9. The maximum Gasteiger partial charge on any atom is 0.139 e. The lowest BCUT2D eigenvalue weighted by atomic mass is 10.1. The molecule has 0 amide bonds. The molecule has 21 heavy (non-hydrogen) atoms. The molecule has 0 aliphatic carbocycles. The lowest BCUT2D eigenvalue weighted by molar-refractivity contribution is 0.676. The first kappa shape index (κ1) is 14.4. The fraction of sp³-hybridized carbons (Fsp3) is 0.267. The van der Waals surface area contributed by atoms with Gasteiger partial charge in [0.05, 0.1) is 12.7 Å². The Labute approximate surface area is 136 Å². The Balaban J connectivity index is 1.76. The summed E-state index contributed by atoms with van der Waals surface area (Å²) in [4.78, 5) is 0. The molecule has 1 aromatic carbocycles. The Hall–Kier alpha value is -1.53. The van der Waals surface area contributed by atoms with Gasteiger partial charge in [0.1, 0.15) is 10.0 Å². The number of nitrogens with zero attached hydrogens (tertiary/aromatic N) is 4. The second-order valence-electron chi connectivity index (χ2n) is 5.12. The van der Waals surface area contributed by atoms with Gasteiger partial charge in [0.15, 0.2) is 0 Å². The van der Waals surface area contributed by atoms with Gasteiger partial charge in [0, 0.05) is 22.2 Å². The van der Waals surface area contributed by atoms with Gasteiger partial charge in [-0.3, -0.25) is 4.68 Å². The fourth-order valence-corrected chi connectivity index (χ4v) is 3.05. The zero-order valence-electron chi connectivity index (χ0n) is 11.8. The minimum atomic E-state index is 0.423. The quantitative estimate of drug-likeness (QED) is 0.693. The zero-order chi connectivity index (χ0) is 14.8. The third-order valence-corrected chi connectivity index (χ3v) is 4.82. The van der Waals surface area contributed by atoms with Crippen LogP contribution >= 0.6 is 27.3 Å². The molecule has 2 heterocycles. The van der Waals surface area contributed by atoms with Crippen molar-refractivity contribution in [2.75, 3.05) is 0 Å². The number of hydrogen-bond acceptors (Lipinski definition) is 4. The molecular weight excluding hydrogens is 348 g/mol. The molecule has 4 nitrogen and oxygen atoms in total. The largest absolute Gasteiger partial charge is 0.265 e. The summed E-state index contributed by atoms with van der Waals surface area (Å²) in [5.41, 5.74) is 2.26. The number of hydrogen-bond donors (Lipinski definition) is 0. The summed E-state index contributed by atoms with van der Waals surface area (Å²) in [6, 6.07) is 8.22. The standard InChI is InChI=1S/C15H15BrN4S/c1-10(2)15-19-18-14(21-15)9-20-8-12(7-17-20)11-3-5-13(16)6-4-11/h3-8,10H,9H2,1-2H3. The summed E-state index contributed by atoms with van der Waals surface area (Å²) in [5.74, 6) is 0.423. The van der Waals surface area contributed by atoms with Crippen molar-refractivity contribution in [2.45, 2.75) is 26.3 Å². The number of aromatic nitrogens is 4. The van der Waals surface area contributed by atoms with Gasteiger partial charge in [-0.25, -0.2) is 0 Å². The Morgan fingerprint density at radius 3 is 2.57 bits per heavy atom. The molecule has 2 aromatic heterocycles. The van der Waals surface area contributed by atoms with Crippen molar-refractivity contribution in [1.29, 1.82) is 0 Å². The van der Waals surface area contributed by atoms with Crippen LogP contribution in [0.15, 0.2) is 41.1 Å². The molecule has 0 radical (unpaired) electrons. The summed E-state index contributed by atoms with van der Waals surface area (Å²) in [7, 11) is 0. The van der Waals surface area contributed by atoms with E-state index in [0.29, 0.717) is 12.5 Å². The van der Waals surface area contributed by atoms with Crippen LogP contribution in [0.4, 0.5) is 0 Å². The van der Waals surface area contributed by atoms with Gasteiger partial charge < -0.3 is 0 Å². The second kappa shape index (κ2) is 6.07. The van der Waals surface area contributed by atoms with E-state index in [1.807, 2.05) is 29.2 Å². The van der Waals surface area contributed by atoms with Gasteiger partial charge in [-0.15, -0.1) is 10.2 Å². The molecule has 0 spiro atoms. The van der Waals surface area contributed by atoms with E-state index in [0.717, 1.165) is 25.6 Å². The first-order valence-electron chi connectivity index (χ1n) is 6.72. The third-order valence-electron chi connectivity index (χ3n) is 3.08. The molecule has 3 rings (SSSR count). The van der Waals surface area contributed by atoms with Crippen LogP contribution in [0.25, 0.3) is 11.1 Å². The van der Waals surface area contributed by atoms with Crippen LogP contribution in [0.5, 0.6) is 0 Å². The number of halogens is 1. The molecule has 0 atom stereocenters. The number of benzene rings is 1. The molecule has 0 bridgehead atoms. The van der Waals surface area contributed by atoms with Crippen LogP contribution in [0.1, 0.15) is 29.8 Å². The van der Waals surface area contributed by atoms with Crippen LogP contribution in [0.3, 0.4) is 0 Å². The molecular formula is C15H15BrN4S. The van der Waals surface area contributed by atoms with E-state index in [1.165, 1.54) is 0 Å². The van der Waals surface area contributed by atoms with Crippen LogP contribution in [-0.2, 0) is 6.54 Å². The van der Waals surface area contributed by atoms with Crippen LogP contribution < -0.4 is 0 Å². The summed E-state index contributed by atoms with van der Waals surface area (Å²) < 4.78 is 2.98. The molecule has 0 aliphatic heterocycles. The third kappa shape index (κ3) is 3.39. The van der Waals surface area contributed by atoms with Crippen molar-refractivity contribution in [3.8, 4) is 11.1 Å². The average Bonchev–Trinajstić information content (AvgIpc) is 3.10. The van der Waals surface area contributed by atoms with E-state index in [1.54, 1.807) is 11.3 Å². The van der Waals surface area contributed by atoms with Crippen LogP contribution in [0.2, 0.25) is 0 Å². The lowest BCUT2D eigenvalue weighted by Crippen LogP contribution is -1.99. The Kier molecular flexibility index (Phi) is 4.17. The van der Waals surface area contributed by atoms with E-state index < -0.39 is 0 Å². The maximum atomic E-state index is 4.41. The second-order valence-corrected chi connectivity index (χ2v) is 7.13. The van der Waals surface area contributed by atoms with Crippen molar-refractivity contribution >= 4 is 27.3 Å². The molecule has 0 unspecified atom stereocenters. The molecule has 3 aromatic rings. The summed E-state index contributed by atoms with van der Waals surface area (Å²) in [6.07, 6.45) is 3.92. The Morgan fingerprint density at radius 2 is 1.90 bits per heavy atom. The van der Waals surface area contributed by atoms with Crippen LogP contribution in [-0.4, -0.2) is 20.0 Å². The highest BCUT2D eigenvalue weighted by Crippen LogP contribution is 2.22. The van der Waals surface area contributed by atoms with Gasteiger partial charge in [-0.05, 0) is 17.7 Å². The smallest absolute Gasteiger partial charge is 0.139 e. The SMILES string of the molecule is CC(C)c1nnc(Cn2cc(-c3ccc(Br)cc3)cn2)s1. The molecule has 108 valence electrons. The molecule has 0 fully saturated rings. The van der Waals surface area contributed by atoms with Crippen molar-refractivity contribution in [1.82, 2.24) is 20.0 Å². The van der Waals surface area contributed by atoms with E-state index in [4.69, 9.17) is 0 Å². The van der Waals surface area contributed by atoms with Gasteiger partial charge in [0.2, 0.25) is 0 Å². The lowest BCUT2D eigenvalue weighted by Gasteiger charge is -1.98. The average molecular weight is 363 g/mol. The fourth-order valence-electron chi connectivity index (χ4n) is 1.94. The van der Waals surface area contributed by atoms with E-state index in [2.05, 4.69) is 57.2 Å². The Morgan fingerprint density at radius 1 is 1.14 bits per heavy atom. The highest BCUT2D eigenvalue weighted by molar-refractivity contribution is 9.10. The topological polar surface area (TPSA) is 43.6 Å². The van der Waals surface area contributed by atoms with Crippen molar-refractivity contribution in [2.24, 2.45) is 0 Å². The normalized spacial score (nSPS) is 11.2.